The summed E-state index contributed by atoms with van der Waals surface area (Å²) in [6.45, 7) is 21.3. The van der Waals surface area contributed by atoms with Gasteiger partial charge < -0.3 is 4.74 Å². The van der Waals surface area contributed by atoms with E-state index in [9.17, 15) is 0 Å². The Bertz CT molecular complexity index is 5420. The molecule has 0 aromatic heterocycles. The molecule has 2 spiro atoms. The fourth-order valence-corrected chi connectivity index (χ4v) is 26.3. The molecule has 0 N–H and O–H groups in total. The van der Waals surface area contributed by atoms with Crippen molar-refractivity contribution in [1.82, 2.24) is 0 Å². The monoisotopic (exact) mass is 1880 g/mol. The van der Waals surface area contributed by atoms with Crippen LogP contribution in [-0.2, 0) is 101 Å². The molecule has 1 heterocycles. The van der Waals surface area contributed by atoms with Crippen LogP contribution in [0.5, 0.6) is 0 Å². The van der Waals surface area contributed by atoms with Gasteiger partial charge in [-0.1, -0.05) is 291 Å². The third-order valence-electron chi connectivity index (χ3n) is 26.9. The number of fused-ring (bicyclic) bond motifs is 12. The average molecular weight is 1890 g/mol. The number of hydrogen-bond acceptors (Lipinski definition) is 1. The minimum absolute atomic E-state index is 0.00440. The molecule has 590 valence electrons. The van der Waals surface area contributed by atoms with Crippen molar-refractivity contribution < 1.29 is 67.3 Å². The van der Waals surface area contributed by atoms with Gasteiger partial charge in [-0.15, -0.1) is 165 Å². The molecule has 2 unspecified atom stereocenters. The summed E-state index contributed by atoms with van der Waals surface area (Å²) in [5, 5.41) is 20.6. The fourth-order valence-electron chi connectivity index (χ4n) is 21.5. The maximum Gasteiger partial charge on any atom is -0.0524 e. The van der Waals surface area contributed by atoms with E-state index in [4.69, 9.17) is 55.8 Å². The van der Waals surface area contributed by atoms with Crippen LogP contribution in [0.2, 0.25) is 18.1 Å². The summed E-state index contributed by atoms with van der Waals surface area (Å²) in [7, 11) is 28.2. The first-order valence-electron chi connectivity index (χ1n) is 41.8. The molecule has 0 radical (unpaired) electrons. The summed E-state index contributed by atoms with van der Waals surface area (Å²) >= 11 is -2.48. The van der Waals surface area contributed by atoms with E-state index < -0.39 is 70.6 Å². The molecule has 11 heteroatoms. The quantitative estimate of drug-likeness (QED) is 0.0405. The summed E-state index contributed by atoms with van der Waals surface area (Å²) in [5.74, 6) is 0. The molecule has 3 fully saturated rings. The number of benzene rings is 8. The largest absolute Gasteiger partial charge is 0.213 e. The van der Waals surface area contributed by atoms with Crippen molar-refractivity contribution in [3.05, 3.63) is 335 Å². The minimum atomic E-state index is -1.44. The van der Waals surface area contributed by atoms with E-state index in [1.807, 2.05) is 6.08 Å². The first-order valence-corrected chi connectivity index (χ1v) is 63.8. The van der Waals surface area contributed by atoms with Crippen LogP contribution in [0.3, 0.4) is 0 Å². The summed E-state index contributed by atoms with van der Waals surface area (Å²) in [6.07, 6.45) is 35.5. The Hall–Kier alpha value is -4.53. The third-order valence-corrected chi connectivity index (χ3v) is 32.8. The van der Waals surface area contributed by atoms with Gasteiger partial charge in [-0.3, -0.25) is 0 Å². The van der Waals surface area contributed by atoms with Crippen molar-refractivity contribution in [2.24, 2.45) is 0 Å². The van der Waals surface area contributed by atoms with E-state index in [2.05, 4.69) is 321 Å². The van der Waals surface area contributed by atoms with Gasteiger partial charge >= 0.3 is 114 Å². The first kappa shape index (κ1) is 88.3. The zero-order valence-electron chi connectivity index (χ0n) is 68.2. The number of hydrogen-bond donors (Lipinski definition) is 0. The van der Waals surface area contributed by atoms with Gasteiger partial charge in [-0.25, -0.2) is 18.2 Å². The number of aryl methyl sites for hydroxylation is 2. The predicted octanol–water partition coefficient (Wildman–Crippen LogP) is 33.0. The summed E-state index contributed by atoms with van der Waals surface area (Å²) in [4.78, 5) is 0. The van der Waals surface area contributed by atoms with Gasteiger partial charge in [0.05, 0.1) is 13.7 Å². The molecule has 0 bridgehead atoms. The molecule has 2 atom stereocenters. The molecule has 1 nitrogen and oxygen atoms in total. The van der Waals surface area contributed by atoms with Crippen LogP contribution >= 0.6 is 51.1 Å². The van der Waals surface area contributed by atoms with Crippen molar-refractivity contribution in [1.29, 1.82) is 0 Å². The molecular weight excluding hydrogens is 1780 g/mol. The molecule has 19 rings (SSSR count). The van der Waals surface area contributed by atoms with Gasteiger partial charge in [0, 0.05) is 11.6 Å². The molecular formula is C104H110Cl6OSiZr3. The molecule has 115 heavy (non-hydrogen) atoms. The van der Waals surface area contributed by atoms with Crippen LogP contribution in [0.15, 0.2) is 285 Å². The Morgan fingerprint density at radius 3 is 1.40 bits per heavy atom. The topological polar surface area (TPSA) is 9.23 Å². The Morgan fingerprint density at radius 2 is 0.904 bits per heavy atom. The maximum atomic E-state index is 5.83. The van der Waals surface area contributed by atoms with Crippen LogP contribution in [0, 0.1) is 0 Å². The van der Waals surface area contributed by atoms with Gasteiger partial charge in [0.2, 0.25) is 0 Å². The Balaban J connectivity index is 0.000000129. The molecule has 14 aromatic carbocycles. The number of ether oxygens (including phenoxy) is 1. The molecule has 1 saturated heterocycles. The van der Waals surface area contributed by atoms with Crippen LogP contribution in [-0.4, -0.2) is 20.3 Å². The third kappa shape index (κ3) is 18.4. The van der Waals surface area contributed by atoms with Crippen molar-refractivity contribution in [3.8, 4) is 0 Å². The zero-order valence-corrected chi connectivity index (χ0v) is 81.1. The zero-order chi connectivity index (χ0) is 80.9. The van der Waals surface area contributed by atoms with Gasteiger partial charge in [-0.05, 0) is 87.3 Å². The van der Waals surface area contributed by atoms with Crippen molar-refractivity contribution in [2.45, 2.75) is 208 Å². The molecule has 2 saturated carbocycles. The van der Waals surface area contributed by atoms with Gasteiger partial charge in [0.15, 0.2) is 0 Å². The second-order valence-corrected chi connectivity index (χ2v) is 51.0. The van der Waals surface area contributed by atoms with E-state index in [0.717, 1.165) is 19.4 Å². The number of rotatable bonds is 16. The maximum absolute atomic E-state index is 5.83. The van der Waals surface area contributed by atoms with E-state index in [0.29, 0.717) is 10.1 Å². The number of unbranched alkanes of at least 4 members (excludes halogenated alkanes) is 3. The van der Waals surface area contributed by atoms with Crippen molar-refractivity contribution >= 4 is 135 Å². The average Bonchev–Trinajstić information content (AvgIpc) is 1.50. The van der Waals surface area contributed by atoms with Gasteiger partial charge in [0.1, 0.15) is 0 Å². The van der Waals surface area contributed by atoms with E-state index in [-0.39, 0.29) is 21.8 Å². The van der Waals surface area contributed by atoms with Crippen LogP contribution in [0.4, 0.5) is 0 Å². The predicted molar refractivity (Wildman–Crippen MR) is 495 cm³/mol. The summed E-state index contributed by atoms with van der Waals surface area (Å²) in [5.41, 5.74) is 15.7. The molecule has 4 aliphatic carbocycles. The van der Waals surface area contributed by atoms with Crippen LogP contribution in [0.1, 0.15) is 200 Å². The minimum Gasteiger partial charge on any atom is -0.213 e. The van der Waals surface area contributed by atoms with Crippen LogP contribution in [0.25, 0.3) is 75.4 Å². The second kappa shape index (κ2) is 40.0. The molecule has 0 amide bonds. The van der Waals surface area contributed by atoms with Crippen molar-refractivity contribution in [3.63, 3.8) is 0 Å². The Kier molecular flexibility index (Phi) is 30.7. The standard InChI is InChI=1S/C28H28.C27H40OSi.C25H20.C24H22.6ClH.3Zr/c1-2-3-11-21-16-17-22(20-21)28(18-9-4-10-19-28)27-25-14-7-5-12-23(25)24-13-6-8-15-26(24)27;1-25(2,3)28-19-11-7-6-8-12-22-15-17-26(20-22)21-27(29(26,4)5)18-16-23-13-9-10-14-24(23)27;1-25(2,23-16-15-17-9-3-4-10-18(17)23)24-21-13-7-5-11-19(21)20-12-6-8-14-22(20)24;1-8-16-24(17-9-1,18-10-2-3-11-18)23-21-14-6-4-12-19(21)20-13-5-7-15-22(20)23;;;;;;;;;/h2,5-8,12-17,20H,1,3-4,9-11,18-19H2;9-10,13-15,17,20H,6-8,11-12,16,18-19,21H2,1-5H3;3-16H,1-2H3;2-7,10-15H,1,8-9,16-17H2;6*1H;;;/q-2;;2*-2;;;;;;;3*+4/p-6. The van der Waals surface area contributed by atoms with Gasteiger partial charge in [-0.2, -0.15) is 47.0 Å². The molecule has 14 aromatic rings. The molecule has 1 aliphatic heterocycles. The first-order chi connectivity index (χ1) is 55.8. The SMILES string of the molecule is C=CCCc1cc[c-](C2([c-]3c4ccccc4c4ccccc43)CCCCC2)c1.CC(C)(C)OCCCCCCC1=CC2(C=C1)CC1(CCc3ccccc31)[Si]2(C)C.CC(C)([c-]1ccc2ccccc21)[c-]1c2ccccc2c2ccccc21.[Cl][Zr+2][Cl].[Cl][Zr+2][Cl].[Cl][Zr+2][Cl].c1ccc2c(c1)c1ccccc1[c-]2C1([c-]2cccc2)CCCCC1. The Labute approximate surface area is 743 Å². The Morgan fingerprint density at radius 1 is 0.461 bits per heavy atom. The smallest absolute Gasteiger partial charge is 0.0524 e. The van der Waals surface area contributed by atoms with Gasteiger partial charge in [0.25, 0.3) is 0 Å². The van der Waals surface area contributed by atoms with E-state index >= 15 is 0 Å². The molecule has 5 aliphatic rings. The summed E-state index contributed by atoms with van der Waals surface area (Å²) < 4.78 is 5.83. The second-order valence-electron chi connectivity index (χ2n) is 34.6. The van der Waals surface area contributed by atoms with Crippen LogP contribution < -0.4 is 0 Å². The number of allylic oxidation sites excluding steroid dienone is 5. The fraction of sp³-hybridized carbons (Fsp3) is 0.327. The van der Waals surface area contributed by atoms with Crippen molar-refractivity contribution in [2.75, 3.05) is 6.61 Å². The normalized spacial score (nSPS) is 18.0. The van der Waals surface area contributed by atoms with E-state index in [1.165, 1.54) is 219 Å². The van der Waals surface area contributed by atoms with E-state index in [1.54, 1.807) is 27.8 Å². The summed E-state index contributed by atoms with van der Waals surface area (Å²) in [6, 6.07) is 92.7. The number of halogens is 6.